The number of hydrazone groups is 1. The van der Waals surface area contributed by atoms with Crippen LogP contribution in [0, 0.1) is 0 Å². The van der Waals surface area contributed by atoms with Gasteiger partial charge in [0.25, 0.3) is 5.91 Å². The average molecular weight is 339 g/mol. The summed E-state index contributed by atoms with van der Waals surface area (Å²) in [6, 6.07) is 13.7. The molecular formula is C19H21N3O3. The van der Waals surface area contributed by atoms with Gasteiger partial charge in [0, 0.05) is 23.4 Å². The van der Waals surface area contributed by atoms with Crippen LogP contribution in [-0.2, 0) is 5.72 Å². The Morgan fingerprint density at radius 2 is 1.96 bits per heavy atom. The van der Waals surface area contributed by atoms with Crippen molar-refractivity contribution in [3.8, 4) is 5.75 Å². The monoisotopic (exact) mass is 339 g/mol. The number of nitrogen functional groups attached to an aromatic ring is 1. The molecule has 0 fully saturated rings. The third-order valence-corrected chi connectivity index (χ3v) is 4.39. The summed E-state index contributed by atoms with van der Waals surface area (Å²) in [5.74, 6) is 0.243. The van der Waals surface area contributed by atoms with Gasteiger partial charge < -0.3 is 15.6 Å². The molecule has 0 aliphatic carbocycles. The normalized spacial score (nSPS) is 19.6. The topological polar surface area (TPSA) is 88.2 Å². The molecule has 1 heterocycles. The number of nitrogens with two attached hydrogens (primary N) is 1. The van der Waals surface area contributed by atoms with Crippen LogP contribution in [0.2, 0.25) is 0 Å². The average Bonchev–Trinajstić information content (AvgIpc) is 3.00. The first kappa shape index (κ1) is 17.0. The van der Waals surface area contributed by atoms with Crippen LogP contribution >= 0.6 is 0 Å². The smallest absolute Gasteiger partial charge is 0.279 e. The molecule has 0 bridgehead atoms. The number of carbonyl (C=O) groups excluding carboxylic acids is 1. The predicted octanol–water partition coefficient (Wildman–Crippen LogP) is 2.73. The molecule has 1 aliphatic heterocycles. The van der Waals surface area contributed by atoms with Gasteiger partial charge in [-0.2, -0.15) is 10.1 Å². The van der Waals surface area contributed by atoms with Crippen molar-refractivity contribution in [1.29, 1.82) is 0 Å². The minimum Gasteiger partial charge on any atom is -0.497 e. The largest absolute Gasteiger partial charge is 0.497 e. The van der Waals surface area contributed by atoms with Crippen molar-refractivity contribution in [3.63, 3.8) is 0 Å². The lowest BCUT2D eigenvalue weighted by atomic mass is 9.96. The molecule has 0 radical (unpaired) electrons. The Bertz CT molecular complexity index is 817. The summed E-state index contributed by atoms with van der Waals surface area (Å²) in [5, 5.41) is 16.8. The summed E-state index contributed by atoms with van der Waals surface area (Å²) in [4.78, 5) is 13.0. The van der Waals surface area contributed by atoms with Crippen LogP contribution in [0.3, 0.4) is 0 Å². The molecule has 1 atom stereocenters. The molecule has 0 saturated heterocycles. The molecule has 1 amide bonds. The number of ether oxygens (including phenoxy) is 1. The number of aliphatic hydroxyl groups is 1. The fourth-order valence-corrected chi connectivity index (χ4v) is 2.92. The number of anilines is 1. The van der Waals surface area contributed by atoms with Crippen LogP contribution in [-0.4, -0.2) is 28.8 Å². The quantitative estimate of drug-likeness (QED) is 0.838. The standard InChI is InChI=1S/C19H21N3O3/c1-3-14-12-19(24,13-8-10-15(25-2)11-9-13)22(21-14)18(23)16-6-4-5-7-17(16)20/h4-11,24H,3,12,20H2,1-2H3. The van der Waals surface area contributed by atoms with E-state index in [2.05, 4.69) is 5.10 Å². The van der Waals surface area contributed by atoms with Crippen LogP contribution < -0.4 is 10.5 Å². The molecular weight excluding hydrogens is 318 g/mol. The van der Waals surface area contributed by atoms with Gasteiger partial charge in [-0.15, -0.1) is 0 Å². The summed E-state index contributed by atoms with van der Waals surface area (Å²) in [6.07, 6.45) is 0.904. The second kappa shape index (κ2) is 6.57. The second-order valence-corrected chi connectivity index (χ2v) is 5.95. The van der Waals surface area contributed by atoms with Gasteiger partial charge >= 0.3 is 0 Å². The van der Waals surface area contributed by atoms with Gasteiger partial charge in [0.1, 0.15) is 5.75 Å². The zero-order chi connectivity index (χ0) is 18.0. The van der Waals surface area contributed by atoms with Gasteiger partial charge in [-0.05, 0) is 30.7 Å². The third-order valence-electron chi connectivity index (χ3n) is 4.39. The fourth-order valence-electron chi connectivity index (χ4n) is 2.92. The summed E-state index contributed by atoms with van der Waals surface area (Å²) in [7, 11) is 1.57. The van der Waals surface area contributed by atoms with Gasteiger partial charge in [0.05, 0.1) is 12.7 Å². The van der Waals surface area contributed by atoms with E-state index < -0.39 is 11.6 Å². The maximum atomic E-state index is 13.0. The van der Waals surface area contributed by atoms with E-state index in [9.17, 15) is 9.90 Å². The van der Waals surface area contributed by atoms with Crippen molar-refractivity contribution in [3.05, 3.63) is 59.7 Å². The molecule has 130 valence electrons. The van der Waals surface area contributed by atoms with Crippen molar-refractivity contribution in [2.75, 3.05) is 12.8 Å². The molecule has 1 unspecified atom stereocenters. The van der Waals surface area contributed by atoms with Crippen LogP contribution in [0.5, 0.6) is 5.75 Å². The predicted molar refractivity (Wildman–Crippen MR) is 96.3 cm³/mol. The molecule has 6 heteroatoms. The molecule has 3 N–H and O–H groups in total. The van der Waals surface area contributed by atoms with Crippen molar-refractivity contribution >= 4 is 17.3 Å². The van der Waals surface area contributed by atoms with Gasteiger partial charge in [0.2, 0.25) is 0 Å². The number of amides is 1. The number of methoxy groups -OCH3 is 1. The lowest BCUT2D eigenvalue weighted by Crippen LogP contribution is -2.43. The minimum atomic E-state index is -1.54. The Morgan fingerprint density at radius 1 is 1.28 bits per heavy atom. The van der Waals surface area contributed by atoms with Crippen molar-refractivity contribution < 1.29 is 14.6 Å². The highest BCUT2D eigenvalue weighted by molar-refractivity contribution is 6.01. The van der Waals surface area contributed by atoms with E-state index in [-0.39, 0.29) is 6.42 Å². The number of nitrogens with zero attached hydrogens (tertiary/aromatic N) is 2. The summed E-state index contributed by atoms with van der Waals surface area (Å²) in [5.41, 5.74) is 6.37. The first-order chi connectivity index (χ1) is 12.0. The molecule has 0 aromatic heterocycles. The van der Waals surface area contributed by atoms with E-state index in [0.717, 1.165) is 10.7 Å². The number of carbonyl (C=O) groups is 1. The Labute approximate surface area is 146 Å². The van der Waals surface area contributed by atoms with E-state index in [0.29, 0.717) is 29.0 Å². The van der Waals surface area contributed by atoms with Gasteiger partial charge in [-0.3, -0.25) is 4.79 Å². The van der Waals surface area contributed by atoms with Crippen molar-refractivity contribution in [2.45, 2.75) is 25.5 Å². The van der Waals surface area contributed by atoms with Crippen LogP contribution in [0.25, 0.3) is 0 Å². The highest BCUT2D eigenvalue weighted by atomic mass is 16.5. The highest BCUT2D eigenvalue weighted by Gasteiger charge is 2.46. The molecule has 2 aromatic carbocycles. The van der Waals surface area contributed by atoms with Gasteiger partial charge in [0.15, 0.2) is 5.72 Å². The molecule has 6 nitrogen and oxygen atoms in total. The van der Waals surface area contributed by atoms with Crippen LogP contribution in [0.1, 0.15) is 35.7 Å². The van der Waals surface area contributed by atoms with E-state index in [1.54, 1.807) is 55.6 Å². The molecule has 25 heavy (non-hydrogen) atoms. The van der Waals surface area contributed by atoms with E-state index >= 15 is 0 Å². The SMILES string of the molecule is CCC1=NN(C(=O)c2ccccc2N)C(O)(c2ccc(OC)cc2)C1. The molecule has 2 aromatic rings. The zero-order valence-electron chi connectivity index (χ0n) is 14.3. The first-order valence-electron chi connectivity index (χ1n) is 8.12. The highest BCUT2D eigenvalue weighted by Crippen LogP contribution is 2.38. The number of hydrogen-bond acceptors (Lipinski definition) is 5. The Morgan fingerprint density at radius 3 is 2.56 bits per heavy atom. The summed E-state index contributed by atoms with van der Waals surface area (Å²) < 4.78 is 5.16. The summed E-state index contributed by atoms with van der Waals surface area (Å²) in [6.45, 7) is 1.94. The van der Waals surface area contributed by atoms with E-state index in [1.807, 2.05) is 6.92 Å². The Kier molecular flexibility index (Phi) is 4.46. The number of hydrogen-bond donors (Lipinski definition) is 2. The van der Waals surface area contributed by atoms with E-state index in [4.69, 9.17) is 10.5 Å². The number of para-hydroxylation sites is 1. The molecule has 1 aliphatic rings. The maximum absolute atomic E-state index is 13.0. The number of rotatable bonds is 4. The third kappa shape index (κ3) is 2.96. The lowest BCUT2D eigenvalue weighted by Gasteiger charge is -2.31. The second-order valence-electron chi connectivity index (χ2n) is 5.95. The van der Waals surface area contributed by atoms with Crippen molar-refractivity contribution in [1.82, 2.24) is 5.01 Å². The van der Waals surface area contributed by atoms with Crippen LogP contribution in [0.15, 0.2) is 53.6 Å². The molecule has 0 saturated carbocycles. The Hall–Kier alpha value is -2.86. The minimum absolute atomic E-state index is 0.258. The maximum Gasteiger partial charge on any atom is 0.279 e. The Balaban J connectivity index is 2.03. The van der Waals surface area contributed by atoms with E-state index in [1.165, 1.54) is 0 Å². The van der Waals surface area contributed by atoms with Crippen molar-refractivity contribution in [2.24, 2.45) is 5.10 Å². The summed E-state index contributed by atoms with van der Waals surface area (Å²) >= 11 is 0. The first-order valence-corrected chi connectivity index (χ1v) is 8.12. The van der Waals surface area contributed by atoms with Crippen LogP contribution in [0.4, 0.5) is 5.69 Å². The van der Waals surface area contributed by atoms with Gasteiger partial charge in [-0.25, -0.2) is 0 Å². The fraction of sp³-hybridized carbons (Fsp3) is 0.263. The molecule has 3 rings (SSSR count). The zero-order valence-corrected chi connectivity index (χ0v) is 14.3. The number of benzene rings is 2. The molecule has 0 spiro atoms. The lowest BCUT2D eigenvalue weighted by molar-refractivity contribution is -0.0765. The van der Waals surface area contributed by atoms with Gasteiger partial charge in [-0.1, -0.05) is 31.2 Å².